The van der Waals surface area contributed by atoms with Crippen LogP contribution in [0.15, 0.2) is 24.3 Å². The van der Waals surface area contributed by atoms with Crippen molar-refractivity contribution in [3.63, 3.8) is 0 Å². The van der Waals surface area contributed by atoms with Crippen molar-refractivity contribution in [2.24, 2.45) is 0 Å². The summed E-state index contributed by atoms with van der Waals surface area (Å²) in [6.07, 6.45) is 1.12. The highest BCUT2D eigenvalue weighted by molar-refractivity contribution is 7.27. The fraction of sp³-hybridized carbons (Fsp3) is 0.250. The van der Waals surface area contributed by atoms with Crippen molar-refractivity contribution in [3.05, 3.63) is 29.8 Å². The molecule has 0 N–H and O–H groups in total. The van der Waals surface area contributed by atoms with E-state index in [1.165, 1.54) is 10.9 Å². The van der Waals surface area contributed by atoms with Crippen LogP contribution in [0, 0.1) is 0 Å². The predicted octanol–water partition coefficient (Wildman–Crippen LogP) is 1.75. The molecule has 48 valence electrons. The number of benzene rings is 1. The van der Waals surface area contributed by atoms with Crippen molar-refractivity contribution in [2.75, 3.05) is 0 Å². The van der Waals surface area contributed by atoms with Crippen molar-refractivity contribution < 1.29 is 0 Å². The highest BCUT2D eigenvalue weighted by atomic mass is 31.0. The average molecular weight is 138 g/mol. The summed E-state index contributed by atoms with van der Waals surface area (Å²) in [6, 6.07) is 8.40. The maximum atomic E-state index is 2.73. The summed E-state index contributed by atoms with van der Waals surface area (Å²) < 4.78 is 0. The Labute approximate surface area is 58.5 Å². The van der Waals surface area contributed by atoms with Crippen molar-refractivity contribution in [3.8, 4) is 0 Å². The maximum absolute atomic E-state index is 2.73. The second kappa shape index (κ2) is 2.98. The van der Waals surface area contributed by atoms with Gasteiger partial charge >= 0.3 is 0 Å². The standard InChI is InChI=1S/C8H11P/c1-2-7-5-3-4-6-8(7)9/h3-6H,2,9H2,1H3. The van der Waals surface area contributed by atoms with Gasteiger partial charge in [0.2, 0.25) is 0 Å². The molecule has 9 heavy (non-hydrogen) atoms. The number of hydrogen-bond acceptors (Lipinski definition) is 0. The predicted molar refractivity (Wildman–Crippen MR) is 45.2 cm³/mol. The Morgan fingerprint density at radius 2 is 2.00 bits per heavy atom. The highest BCUT2D eigenvalue weighted by Gasteiger charge is 1.89. The number of hydrogen-bond donors (Lipinski definition) is 0. The molecule has 0 aliphatic heterocycles. The lowest BCUT2D eigenvalue weighted by atomic mass is 10.2. The molecule has 0 aromatic heterocycles. The van der Waals surface area contributed by atoms with E-state index in [1.54, 1.807) is 0 Å². The molecule has 1 aromatic rings. The van der Waals surface area contributed by atoms with E-state index in [0.717, 1.165) is 6.42 Å². The van der Waals surface area contributed by atoms with Gasteiger partial charge in [-0.1, -0.05) is 31.2 Å². The van der Waals surface area contributed by atoms with E-state index in [4.69, 9.17) is 0 Å². The summed E-state index contributed by atoms with van der Waals surface area (Å²) in [7, 11) is 2.73. The van der Waals surface area contributed by atoms with Gasteiger partial charge in [0.05, 0.1) is 0 Å². The van der Waals surface area contributed by atoms with E-state index >= 15 is 0 Å². The summed E-state index contributed by atoms with van der Waals surface area (Å²) in [6.45, 7) is 2.17. The molecule has 0 saturated carbocycles. The van der Waals surface area contributed by atoms with Gasteiger partial charge < -0.3 is 0 Å². The van der Waals surface area contributed by atoms with Crippen LogP contribution in [0.3, 0.4) is 0 Å². The van der Waals surface area contributed by atoms with Crippen LogP contribution in [0.1, 0.15) is 12.5 Å². The molecule has 0 heterocycles. The second-order valence-corrected chi connectivity index (χ2v) is 2.67. The molecular formula is C8H11P. The monoisotopic (exact) mass is 138 g/mol. The van der Waals surface area contributed by atoms with Crippen LogP contribution >= 0.6 is 9.24 Å². The molecule has 1 unspecified atom stereocenters. The third kappa shape index (κ3) is 1.53. The van der Waals surface area contributed by atoms with Crippen LogP contribution in [0.5, 0.6) is 0 Å². The third-order valence-electron chi connectivity index (χ3n) is 1.44. The Balaban J connectivity index is 3.01. The lowest BCUT2D eigenvalue weighted by Gasteiger charge is -1.98. The van der Waals surface area contributed by atoms with Gasteiger partial charge in [0.1, 0.15) is 0 Å². The molecule has 0 fully saturated rings. The smallest absolute Gasteiger partial charge is 0.0271 e. The summed E-state index contributed by atoms with van der Waals surface area (Å²) >= 11 is 0. The molecule has 1 aromatic carbocycles. The molecule has 0 aliphatic rings. The molecule has 0 saturated heterocycles. The first-order chi connectivity index (χ1) is 4.34. The summed E-state index contributed by atoms with van der Waals surface area (Å²) in [4.78, 5) is 0. The van der Waals surface area contributed by atoms with Crippen molar-refractivity contribution in [1.82, 2.24) is 0 Å². The number of aryl methyl sites for hydroxylation is 1. The Kier molecular flexibility index (Phi) is 2.24. The third-order valence-corrected chi connectivity index (χ3v) is 2.00. The summed E-state index contributed by atoms with van der Waals surface area (Å²) in [5.74, 6) is 0. The molecule has 1 rings (SSSR count). The zero-order chi connectivity index (χ0) is 6.69. The van der Waals surface area contributed by atoms with E-state index in [9.17, 15) is 0 Å². The first-order valence-electron chi connectivity index (χ1n) is 3.18. The Morgan fingerprint density at radius 3 is 2.44 bits per heavy atom. The molecule has 0 aliphatic carbocycles. The van der Waals surface area contributed by atoms with Gasteiger partial charge in [-0.15, -0.1) is 9.24 Å². The van der Waals surface area contributed by atoms with E-state index in [2.05, 4.69) is 40.4 Å². The Bertz CT molecular complexity index is 194. The Morgan fingerprint density at radius 1 is 1.33 bits per heavy atom. The molecule has 0 bridgehead atoms. The summed E-state index contributed by atoms with van der Waals surface area (Å²) in [5, 5.41) is 1.32. The molecule has 0 spiro atoms. The van der Waals surface area contributed by atoms with Gasteiger partial charge in [-0.2, -0.15) is 0 Å². The topological polar surface area (TPSA) is 0 Å². The second-order valence-electron chi connectivity index (χ2n) is 2.05. The van der Waals surface area contributed by atoms with Crippen molar-refractivity contribution in [2.45, 2.75) is 13.3 Å². The highest BCUT2D eigenvalue weighted by Crippen LogP contribution is 1.99. The normalized spacial score (nSPS) is 9.56. The van der Waals surface area contributed by atoms with Gasteiger partial charge in [0.15, 0.2) is 0 Å². The van der Waals surface area contributed by atoms with Gasteiger partial charge in [0.25, 0.3) is 0 Å². The lowest BCUT2D eigenvalue weighted by molar-refractivity contribution is 1.16. The van der Waals surface area contributed by atoms with Crippen LogP contribution in [-0.2, 0) is 6.42 Å². The average Bonchev–Trinajstić information content (AvgIpc) is 1.89. The molecular weight excluding hydrogens is 127 g/mol. The van der Waals surface area contributed by atoms with Gasteiger partial charge in [-0.05, 0) is 17.3 Å². The van der Waals surface area contributed by atoms with Crippen LogP contribution in [0.4, 0.5) is 0 Å². The number of rotatable bonds is 1. The van der Waals surface area contributed by atoms with E-state index in [-0.39, 0.29) is 0 Å². The van der Waals surface area contributed by atoms with E-state index < -0.39 is 0 Å². The maximum Gasteiger partial charge on any atom is -0.0271 e. The fourth-order valence-electron chi connectivity index (χ4n) is 0.856. The first kappa shape index (κ1) is 6.77. The van der Waals surface area contributed by atoms with Crippen LogP contribution in [0.2, 0.25) is 0 Å². The van der Waals surface area contributed by atoms with E-state index in [0.29, 0.717) is 0 Å². The minimum Gasteiger partial charge on any atom is -0.105 e. The lowest BCUT2D eigenvalue weighted by Crippen LogP contribution is -1.97. The molecule has 1 atom stereocenters. The first-order valence-corrected chi connectivity index (χ1v) is 3.75. The van der Waals surface area contributed by atoms with Crippen LogP contribution < -0.4 is 5.30 Å². The molecule has 1 heteroatoms. The van der Waals surface area contributed by atoms with Gasteiger partial charge in [-0.25, -0.2) is 0 Å². The van der Waals surface area contributed by atoms with Crippen molar-refractivity contribution >= 4 is 14.5 Å². The SMILES string of the molecule is CCc1ccccc1P. The fourth-order valence-corrected chi connectivity index (χ4v) is 1.27. The van der Waals surface area contributed by atoms with Gasteiger partial charge in [-0.3, -0.25) is 0 Å². The van der Waals surface area contributed by atoms with Crippen LogP contribution in [0.25, 0.3) is 0 Å². The van der Waals surface area contributed by atoms with Crippen LogP contribution in [-0.4, -0.2) is 0 Å². The zero-order valence-corrected chi connectivity index (χ0v) is 6.75. The summed E-state index contributed by atoms with van der Waals surface area (Å²) in [5.41, 5.74) is 1.42. The van der Waals surface area contributed by atoms with Gasteiger partial charge in [0, 0.05) is 0 Å². The molecule has 0 nitrogen and oxygen atoms in total. The Hall–Kier alpha value is -0.350. The minimum absolute atomic E-state index is 1.12. The van der Waals surface area contributed by atoms with Crippen molar-refractivity contribution in [1.29, 1.82) is 0 Å². The molecule has 0 radical (unpaired) electrons. The zero-order valence-electron chi connectivity index (χ0n) is 5.59. The largest absolute Gasteiger partial charge is 0.105 e. The molecule has 0 amide bonds. The minimum atomic E-state index is 1.12. The quantitative estimate of drug-likeness (QED) is 0.518. The van der Waals surface area contributed by atoms with E-state index in [1.807, 2.05) is 0 Å².